The number of benzene rings is 1. The van der Waals surface area contributed by atoms with Gasteiger partial charge in [-0.3, -0.25) is 14.4 Å². The minimum Gasteiger partial charge on any atom is -0.351 e. The fourth-order valence-electron chi connectivity index (χ4n) is 6.64. The quantitative estimate of drug-likeness (QED) is 0.512. The number of hydrogen-bond donors (Lipinski definition) is 3. The summed E-state index contributed by atoms with van der Waals surface area (Å²) < 4.78 is 0. The zero-order valence-corrected chi connectivity index (χ0v) is 22.9. The van der Waals surface area contributed by atoms with E-state index in [0.717, 1.165) is 37.5 Å². The maximum atomic E-state index is 13.8. The normalized spacial score (nSPS) is 25.1. The molecule has 1 spiro atoms. The first-order valence-electron chi connectivity index (χ1n) is 13.7. The fourth-order valence-corrected chi connectivity index (χ4v) is 6.87. The molecule has 1 saturated carbocycles. The number of carbonyl (C=O) groups is 3. The predicted octanol–water partition coefficient (Wildman–Crippen LogP) is 4.69. The summed E-state index contributed by atoms with van der Waals surface area (Å²) >= 11 is 6.33. The van der Waals surface area contributed by atoms with Crippen LogP contribution in [0.5, 0.6) is 0 Å². The van der Waals surface area contributed by atoms with Gasteiger partial charge in [0.15, 0.2) is 0 Å². The smallest absolute Gasteiger partial charge is 0.271 e. The first-order valence-corrected chi connectivity index (χ1v) is 14.1. The minimum absolute atomic E-state index is 0.0768. The number of aromatic nitrogens is 1. The van der Waals surface area contributed by atoms with E-state index in [1.807, 2.05) is 26.0 Å². The highest BCUT2D eigenvalue weighted by Gasteiger charge is 2.49. The van der Waals surface area contributed by atoms with Crippen molar-refractivity contribution in [3.05, 3.63) is 35.0 Å². The van der Waals surface area contributed by atoms with Gasteiger partial charge in [-0.2, -0.15) is 5.26 Å². The number of H-pyrrole nitrogens is 1. The van der Waals surface area contributed by atoms with Gasteiger partial charge in [0.1, 0.15) is 17.8 Å². The van der Waals surface area contributed by atoms with Gasteiger partial charge in [0, 0.05) is 23.4 Å². The molecule has 1 aromatic carbocycles. The van der Waals surface area contributed by atoms with E-state index in [0.29, 0.717) is 35.6 Å². The van der Waals surface area contributed by atoms with Crippen molar-refractivity contribution in [3.63, 3.8) is 0 Å². The molecule has 2 saturated heterocycles. The average molecular weight is 538 g/mol. The Hall–Kier alpha value is -3.05. The summed E-state index contributed by atoms with van der Waals surface area (Å²) in [5, 5.41) is 17.1. The molecule has 2 aliphatic heterocycles. The number of nitriles is 1. The third kappa shape index (κ3) is 5.26. The Morgan fingerprint density at radius 2 is 2.00 bits per heavy atom. The van der Waals surface area contributed by atoms with Gasteiger partial charge in [-0.1, -0.05) is 43.0 Å². The largest absolute Gasteiger partial charge is 0.351 e. The van der Waals surface area contributed by atoms with E-state index in [9.17, 15) is 19.6 Å². The molecule has 1 aliphatic carbocycles. The molecule has 5 rings (SSSR count). The van der Waals surface area contributed by atoms with Gasteiger partial charge in [-0.15, -0.1) is 0 Å². The zero-order chi connectivity index (χ0) is 27.1. The summed E-state index contributed by atoms with van der Waals surface area (Å²) in [5.74, 6) is -0.956. The summed E-state index contributed by atoms with van der Waals surface area (Å²) in [4.78, 5) is 44.9. The molecule has 3 aliphatic rings. The molecule has 2 aromatic rings. The second-order valence-corrected chi connectivity index (χ2v) is 12.5. The maximum absolute atomic E-state index is 13.8. The second kappa shape index (κ2) is 10.3. The SMILES string of the molecule is CC1(C)CC[C@@H](C[C@@H](C#N)NC(=O)C2CC3(CCCCC3)CN2C(=O)c2cc3cccc(Cl)c3[nH]2)C(=O)N1. The van der Waals surface area contributed by atoms with Crippen molar-refractivity contribution in [2.24, 2.45) is 11.3 Å². The van der Waals surface area contributed by atoms with Crippen LogP contribution in [-0.4, -0.2) is 51.8 Å². The van der Waals surface area contributed by atoms with Crippen molar-refractivity contribution < 1.29 is 14.4 Å². The highest BCUT2D eigenvalue weighted by atomic mass is 35.5. The molecule has 202 valence electrons. The topological polar surface area (TPSA) is 118 Å². The summed E-state index contributed by atoms with van der Waals surface area (Å²) in [6.07, 6.45) is 7.66. The molecule has 3 N–H and O–H groups in total. The van der Waals surface area contributed by atoms with E-state index in [1.54, 1.807) is 17.0 Å². The van der Waals surface area contributed by atoms with Crippen molar-refractivity contribution in [2.45, 2.75) is 89.3 Å². The van der Waals surface area contributed by atoms with Gasteiger partial charge >= 0.3 is 0 Å². The molecule has 1 aromatic heterocycles. The van der Waals surface area contributed by atoms with Gasteiger partial charge in [0.25, 0.3) is 5.91 Å². The number of piperidine rings is 1. The molecular weight excluding hydrogens is 502 g/mol. The Labute approximate surface area is 228 Å². The van der Waals surface area contributed by atoms with E-state index in [2.05, 4.69) is 21.7 Å². The van der Waals surface area contributed by atoms with E-state index in [1.165, 1.54) is 6.42 Å². The number of nitrogens with one attached hydrogen (secondary N) is 3. The van der Waals surface area contributed by atoms with Crippen LogP contribution in [0, 0.1) is 22.7 Å². The standard InChI is InChI=1S/C29H36ClN5O3/c1-28(2)12-9-19(25(36)34-28)13-20(16-31)32-26(37)23-15-29(10-4-3-5-11-29)17-35(23)27(38)22-14-18-7-6-8-21(30)24(18)33-22/h6-8,14,19-20,23,33H,3-5,9-13,15,17H2,1-2H3,(H,32,37)(H,34,36)/t19-,20-,23?/m0/s1. The lowest BCUT2D eigenvalue weighted by atomic mass is 9.72. The lowest BCUT2D eigenvalue weighted by Crippen LogP contribution is -2.53. The molecule has 0 radical (unpaired) electrons. The van der Waals surface area contributed by atoms with Crippen LogP contribution in [0.25, 0.3) is 10.9 Å². The van der Waals surface area contributed by atoms with Crippen LogP contribution in [0.3, 0.4) is 0 Å². The number of amides is 3. The molecule has 3 amide bonds. The van der Waals surface area contributed by atoms with Crippen LogP contribution in [0.15, 0.2) is 24.3 Å². The van der Waals surface area contributed by atoms with Crippen molar-refractivity contribution in [2.75, 3.05) is 6.54 Å². The number of para-hydroxylation sites is 1. The van der Waals surface area contributed by atoms with Gasteiger partial charge in [-0.05, 0) is 69.9 Å². The minimum atomic E-state index is -0.800. The Morgan fingerprint density at radius 1 is 1.24 bits per heavy atom. The molecule has 9 heteroatoms. The number of hydrogen-bond acceptors (Lipinski definition) is 4. The second-order valence-electron chi connectivity index (χ2n) is 12.1. The summed E-state index contributed by atoms with van der Waals surface area (Å²) in [6.45, 7) is 4.49. The summed E-state index contributed by atoms with van der Waals surface area (Å²) in [6, 6.07) is 8.00. The van der Waals surface area contributed by atoms with Gasteiger partial charge in [0.2, 0.25) is 11.8 Å². The van der Waals surface area contributed by atoms with Crippen LogP contribution >= 0.6 is 11.6 Å². The zero-order valence-electron chi connectivity index (χ0n) is 22.1. The Balaban J connectivity index is 1.35. The lowest BCUT2D eigenvalue weighted by molar-refractivity contribution is -0.130. The third-order valence-corrected chi connectivity index (χ3v) is 9.08. The number of rotatable bonds is 5. The van der Waals surface area contributed by atoms with Crippen LogP contribution in [0.1, 0.15) is 82.1 Å². The molecule has 1 unspecified atom stereocenters. The van der Waals surface area contributed by atoms with Gasteiger partial charge in [0.05, 0.1) is 16.6 Å². The molecule has 0 bridgehead atoms. The van der Waals surface area contributed by atoms with Crippen molar-refractivity contribution >= 4 is 40.2 Å². The summed E-state index contributed by atoms with van der Waals surface area (Å²) in [7, 11) is 0. The monoisotopic (exact) mass is 537 g/mol. The highest BCUT2D eigenvalue weighted by molar-refractivity contribution is 6.35. The van der Waals surface area contributed by atoms with E-state index in [-0.39, 0.29) is 41.0 Å². The Bertz CT molecular complexity index is 1290. The highest BCUT2D eigenvalue weighted by Crippen LogP contribution is 2.47. The first kappa shape index (κ1) is 26.6. The lowest BCUT2D eigenvalue weighted by Gasteiger charge is -2.35. The fraction of sp³-hybridized carbons (Fsp3) is 0.586. The Kier molecular flexibility index (Phi) is 7.17. The average Bonchev–Trinajstić information content (AvgIpc) is 3.48. The summed E-state index contributed by atoms with van der Waals surface area (Å²) in [5.41, 5.74) is 0.752. The van der Waals surface area contributed by atoms with E-state index in [4.69, 9.17) is 11.6 Å². The molecular formula is C29H36ClN5O3. The van der Waals surface area contributed by atoms with Crippen molar-refractivity contribution in [1.82, 2.24) is 20.5 Å². The van der Waals surface area contributed by atoms with Crippen LogP contribution < -0.4 is 10.6 Å². The molecule has 38 heavy (non-hydrogen) atoms. The van der Waals surface area contributed by atoms with Gasteiger partial charge in [-0.25, -0.2) is 0 Å². The third-order valence-electron chi connectivity index (χ3n) is 8.76. The van der Waals surface area contributed by atoms with Gasteiger partial charge < -0.3 is 20.5 Å². The van der Waals surface area contributed by atoms with E-state index < -0.39 is 12.1 Å². The molecule has 8 nitrogen and oxygen atoms in total. The number of halogens is 1. The van der Waals surface area contributed by atoms with E-state index >= 15 is 0 Å². The number of fused-ring (bicyclic) bond motifs is 1. The Morgan fingerprint density at radius 3 is 2.68 bits per heavy atom. The van der Waals surface area contributed by atoms with Crippen LogP contribution in [-0.2, 0) is 9.59 Å². The van der Waals surface area contributed by atoms with Crippen LogP contribution in [0.4, 0.5) is 0 Å². The number of nitrogens with zero attached hydrogens (tertiary/aromatic N) is 2. The number of carbonyl (C=O) groups excluding carboxylic acids is 3. The molecule has 3 atom stereocenters. The maximum Gasteiger partial charge on any atom is 0.271 e. The number of likely N-dealkylation sites (tertiary alicyclic amines) is 1. The van der Waals surface area contributed by atoms with Crippen LogP contribution in [0.2, 0.25) is 5.02 Å². The van der Waals surface area contributed by atoms with Crippen molar-refractivity contribution in [1.29, 1.82) is 5.26 Å². The molecule has 3 heterocycles. The first-order chi connectivity index (χ1) is 18.1. The number of aromatic amines is 1. The predicted molar refractivity (Wildman–Crippen MR) is 145 cm³/mol. The van der Waals surface area contributed by atoms with Crippen molar-refractivity contribution in [3.8, 4) is 6.07 Å². The molecule has 3 fully saturated rings.